The standard InChI is InChI=1S/C12H16N2O3S/c1-13-9-5-10(14(15)16)7-12(6-9)18-8-11-3-2-4-17-11/h5-7,11,13H,2-4,8H2,1H3. The largest absolute Gasteiger partial charge is 0.388 e. The summed E-state index contributed by atoms with van der Waals surface area (Å²) >= 11 is 1.61. The Bertz CT molecular complexity index is 433. The lowest BCUT2D eigenvalue weighted by molar-refractivity contribution is -0.385. The third-order valence-electron chi connectivity index (χ3n) is 2.85. The van der Waals surface area contributed by atoms with Gasteiger partial charge in [0.2, 0.25) is 0 Å². The summed E-state index contributed by atoms with van der Waals surface area (Å²) in [7, 11) is 1.76. The Morgan fingerprint density at radius 2 is 2.39 bits per heavy atom. The highest BCUT2D eigenvalue weighted by Crippen LogP contribution is 2.29. The van der Waals surface area contributed by atoms with Crippen molar-refractivity contribution in [1.29, 1.82) is 0 Å². The van der Waals surface area contributed by atoms with Gasteiger partial charge >= 0.3 is 0 Å². The molecule has 1 N–H and O–H groups in total. The van der Waals surface area contributed by atoms with Crippen LogP contribution >= 0.6 is 11.8 Å². The van der Waals surface area contributed by atoms with Crippen molar-refractivity contribution in [2.45, 2.75) is 23.8 Å². The van der Waals surface area contributed by atoms with Gasteiger partial charge in [-0.15, -0.1) is 11.8 Å². The van der Waals surface area contributed by atoms with Gasteiger partial charge in [0.15, 0.2) is 0 Å². The average Bonchev–Trinajstić information content (AvgIpc) is 2.89. The predicted molar refractivity (Wildman–Crippen MR) is 72.3 cm³/mol. The van der Waals surface area contributed by atoms with Gasteiger partial charge in [0, 0.05) is 42.1 Å². The van der Waals surface area contributed by atoms with Crippen molar-refractivity contribution < 1.29 is 9.66 Å². The SMILES string of the molecule is CNc1cc(SCC2CCCO2)cc([N+](=O)[O-])c1. The van der Waals surface area contributed by atoms with Crippen molar-refractivity contribution in [3.63, 3.8) is 0 Å². The van der Waals surface area contributed by atoms with Crippen molar-refractivity contribution in [3.8, 4) is 0 Å². The van der Waals surface area contributed by atoms with Crippen LogP contribution in [-0.4, -0.2) is 30.4 Å². The molecule has 0 aromatic heterocycles. The zero-order chi connectivity index (χ0) is 13.0. The van der Waals surface area contributed by atoms with Crippen molar-refractivity contribution in [3.05, 3.63) is 28.3 Å². The summed E-state index contributed by atoms with van der Waals surface area (Å²) in [5.41, 5.74) is 0.885. The summed E-state index contributed by atoms with van der Waals surface area (Å²) in [5, 5.41) is 13.8. The maximum Gasteiger partial charge on any atom is 0.272 e. The number of nitro benzene ring substituents is 1. The van der Waals surface area contributed by atoms with Gasteiger partial charge in [-0.25, -0.2) is 0 Å². The molecule has 1 fully saturated rings. The molecule has 1 aliphatic rings. The van der Waals surface area contributed by atoms with Crippen molar-refractivity contribution >= 4 is 23.1 Å². The summed E-state index contributed by atoms with van der Waals surface area (Å²) in [6.45, 7) is 0.835. The topological polar surface area (TPSA) is 64.4 Å². The first kappa shape index (κ1) is 13.2. The molecule has 6 heteroatoms. The Hall–Kier alpha value is -1.27. The molecule has 0 radical (unpaired) electrons. The quantitative estimate of drug-likeness (QED) is 0.505. The Balaban J connectivity index is 2.05. The van der Waals surface area contributed by atoms with Gasteiger partial charge in [0.1, 0.15) is 0 Å². The van der Waals surface area contributed by atoms with E-state index in [1.165, 1.54) is 6.07 Å². The van der Waals surface area contributed by atoms with Crippen LogP contribution in [0.1, 0.15) is 12.8 Å². The minimum absolute atomic E-state index is 0.122. The second-order valence-corrected chi connectivity index (χ2v) is 5.26. The molecule has 5 nitrogen and oxygen atoms in total. The second kappa shape index (κ2) is 6.06. The number of thioether (sulfide) groups is 1. The fourth-order valence-electron chi connectivity index (χ4n) is 1.88. The van der Waals surface area contributed by atoms with Crippen molar-refractivity contribution in [2.75, 3.05) is 24.7 Å². The lowest BCUT2D eigenvalue weighted by Gasteiger charge is -2.09. The van der Waals surface area contributed by atoms with E-state index in [9.17, 15) is 10.1 Å². The van der Waals surface area contributed by atoms with Crippen LogP contribution in [0.2, 0.25) is 0 Å². The van der Waals surface area contributed by atoms with Crippen LogP contribution in [0.5, 0.6) is 0 Å². The molecule has 1 atom stereocenters. The van der Waals surface area contributed by atoms with Crippen LogP contribution in [0, 0.1) is 10.1 Å². The molecule has 0 bridgehead atoms. The average molecular weight is 268 g/mol. The van der Waals surface area contributed by atoms with E-state index in [4.69, 9.17) is 4.74 Å². The number of rotatable bonds is 5. The monoisotopic (exact) mass is 268 g/mol. The van der Waals surface area contributed by atoms with E-state index in [1.54, 1.807) is 24.9 Å². The Morgan fingerprint density at radius 1 is 1.56 bits per heavy atom. The van der Waals surface area contributed by atoms with Gasteiger partial charge < -0.3 is 10.1 Å². The highest BCUT2D eigenvalue weighted by Gasteiger charge is 2.16. The molecular weight excluding hydrogens is 252 g/mol. The molecule has 98 valence electrons. The van der Waals surface area contributed by atoms with Crippen molar-refractivity contribution in [1.82, 2.24) is 0 Å². The van der Waals surface area contributed by atoms with Gasteiger partial charge in [-0.2, -0.15) is 0 Å². The third-order valence-corrected chi connectivity index (χ3v) is 3.96. The summed E-state index contributed by atoms with van der Waals surface area (Å²) in [6, 6.07) is 5.07. The number of anilines is 1. The fourth-order valence-corrected chi connectivity index (χ4v) is 2.94. The number of non-ortho nitro benzene ring substituents is 1. The molecule has 2 rings (SSSR count). The zero-order valence-corrected chi connectivity index (χ0v) is 11.0. The molecule has 0 aliphatic carbocycles. The Morgan fingerprint density at radius 3 is 3.00 bits per heavy atom. The Kier molecular flexibility index (Phi) is 4.43. The molecule has 18 heavy (non-hydrogen) atoms. The number of hydrogen-bond acceptors (Lipinski definition) is 5. The molecular formula is C12H16N2O3S. The molecule has 1 heterocycles. The van der Waals surface area contributed by atoms with E-state index in [1.807, 2.05) is 6.07 Å². The minimum Gasteiger partial charge on any atom is -0.388 e. The highest BCUT2D eigenvalue weighted by molar-refractivity contribution is 7.99. The van der Waals surface area contributed by atoms with E-state index in [0.29, 0.717) is 0 Å². The number of nitrogens with zero attached hydrogens (tertiary/aromatic N) is 1. The number of nitro groups is 1. The van der Waals surface area contributed by atoms with Gasteiger partial charge in [-0.05, 0) is 18.9 Å². The van der Waals surface area contributed by atoms with Gasteiger partial charge in [0.05, 0.1) is 11.0 Å². The van der Waals surface area contributed by atoms with Crippen LogP contribution in [-0.2, 0) is 4.74 Å². The molecule has 1 aliphatic heterocycles. The summed E-state index contributed by atoms with van der Waals surface area (Å²) in [6.07, 6.45) is 2.48. The van der Waals surface area contributed by atoms with Crippen LogP contribution in [0.15, 0.2) is 23.1 Å². The maximum atomic E-state index is 10.8. The first-order valence-electron chi connectivity index (χ1n) is 5.90. The lowest BCUT2D eigenvalue weighted by atomic mass is 10.3. The maximum absolute atomic E-state index is 10.8. The third kappa shape index (κ3) is 3.36. The van der Waals surface area contributed by atoms with Gasteiger partial charge in [-0.3, -0.25) is 10.1 Å². The molecule has 1 aromatic carbocycles. The highest BCUT2D eigenvalue weighted by atomic mass is 32.2. The van der Waals surface area contributed by atoms with Crippen LogP contribution in [0.4, 0.5) is 11.4 Å². The van der Waals surface area contributed by atoms with Gasteiger partial charge in [0.25, 0.3) is 5.69 Å². The normalized spacial score (nSPS) is 18.8. The number of ether oxygens (including phenoxy) is 1. The number of nitrogens with one attached hydrogen (secondary N) is 1. The zero-order valence-electron chi connectivity index (χ0n) is 10.2. The fraction of sp³-hybridized carbons (Fsp3) is 0.500. The molecule has 0 spiro atoms. The van der Waals surface area contributed by atoms with Crippen LogP contribution < -0.4 is 5.32 Å². The minimum atomic E-state index is -0.364. The van der Waals surface area contributed by atoms with Crippen molar-refractivity contribution in [2.24, 2.45) is 0 Å². The van der Waals surface area contributed by atoms with Gasteiger partial charge in [-0.1, -0.05) is 0 Å². The molecule has 1 aromatic rings. The summed E-state index contributed by atoms with van der Waals surface area (Å²) in [5.74, 6) is 0.852. The first-order chi connectivity index (χ1) is 8.69. The van der Waals surface area contributed by atoms with Crippen LogP contribution in [0.25, 0.3) is 0 Å². The van der Waals surface area contributed by atoms with E-state index in [0.717, 1.165) is 35.8 Å². The smallest absolute Gasteiger partial charge is 0.272 e. The lowest BCUT2D eigenvalue weighted by Crippen LogP contribution is -2.07. The van der Waals surface area contributed by atoms with E-state index in [-0.39, 0.29) is 16.7 Å². The van der Waals surface area contributed by atoms with E-state index in [2.05, 4.69) is 5.32 Å². The second-order valence-electron chi connectivity index (χ2n) is 4.17. The van der Waals surface area contributed by atoms with Crippen LogP contribution in [0.3, 0.4) is 0 Å². The van der Waals surface area contributed by atoms with E-state index < -0.39 is 0 Å². The summed E-state index contributed by atoms with van der Waals surface area (Å²) < 4.78 is 5.54. The summed E-state index contributed by atoms with van der Waals surface area (Å²) in [4.78, 5) is 11.4. The molecule has 1 unspecified atom stereocenters. The molecule has 1 saturated heterocycles. The number of hydrogen-bond donors (Lipinski definition) is 1. The Labute approximate surface area is 110 Å². The molecule has 0 saturated carbocycles. The molecule has 0 amide bonds. The van der Waals surface area contributed by atoms with E-state index >= 15 is 0 Å². The first-order valence-corrected chi connectivity index (χ1v) is 6.89. The number of benzene rings is 1. The predicted octanol–water partition coefficient (Wildman–Crippen LogP) is 2.91.